The molecule has 0 bridgehead atoms. The van der Waals surface area contributed by atoms with Crippen LogP contribution in [0.2, 0.25) is 5.02 Å². The molecule has 1 N–H and O–H groups in total. The highest BCUT2D eigenvalue weighted by atomic mass is 35.5. The van der Waals surface area contributed by atoms with Gasteiger partial charge in [-0.05, 0) is 36.4 Å². The Balaban J connectivity index is 1.87. The van der Waals surface area contributed by atoms with E-state index in [2.05, 4.69) is 5.32 Å². The van der Waals surface area contributed by atoms with Gasteiger partial charge in [0.05, 0.1) is 5.02 Å². The molecular weight excluding hydrogens is 416 g/mol. The average molecular weight is 437 g/mol. The first kappa shape index (κ1) is 21.3. The number of Topliss-reactive ketones (excluding diaryl/α,β-unsaturated/α-hetero) is 1. The number of hydrogen-bond acceptors (Lipinski definition) is 5. The summed E-state index contributed by atoms with van der Waals surface area (Å²) in [5, 5.41) is 2.77. The fourth-order valence-electron chi connectivity index (χ4n) is 3.11. The highest BCUT2D eigenvalue weighted by Gasteiger charge is 2.25. The third-order valence-electron chi connectivity index (χ3n) is 4.61. The van der Waals surface area contributed by atoms with Gasteiger partial charge in [-0.15, -0.1) is 0 Å². The Morgan fingerprint density at radius 2 is 1.90 bits per heavy atom. The molecule has 0 atom stereocenters. The average Bonchev–Trinajstić information content (AvgIpc) is 2.69. The van der Waals surface area contributed by atoms with Crippen molar-refractivity contribution < 1.29 is 22.7 Å². The number of halogens is 1. The molecule has 9 heteroatoms. The fraction of sp³-hybridized carbons (Fsp3) is 0.300. The van der Waals surface area contributed by atoms with Crippen LogP contribution in [0.25, 0.3) is 0 Å². The van der Waals surface area contributed by atoms with Gasteiger partial charge in [0.1, 0.15) is 17.3 Å². The molecule has 1 heterocycles. The third kappa shape index (κ3) is 4.44. The topological polar surface area (TPSA) is 92.8 Å². The van der Waals surface area contributed by atoms with Crippen LogP contribution in [-0.4, -0.2) is 44.1 Å². The predicted molar refractivity (Wildman–Crippen MR) is 110 cm³/mol. The van der Waals surface area contributed by atoms with E-state index in [1.165, 1.54) is 22.5 Å². The Labute approximate surface area is 174 Å². The van der Waals surface area contributed by atoms with Gasteiger partial charge in [0.15, 0.2) is 5.78 Å². The number of ketones is 1. The smallest absolute Gasteiger partial charge is 0.255 e. The molecule has 2 aromatic carbocycles. The van der Waals surface area contributed by atoms with Gasteiger partial charge in [0.2, 0.25) is 10.0 Å². The van der Waals surface area contributed by atoms with Gasteiger partial charge in [-0.2, -0.15) is 4.31 Å². The fourth-order valence-corrected chi connectivity index (χ4v) is 5.06. The Kier molecular flexibility index (Phi) is 6.26. The monoisotopic (exact) mass is 436 g/mol. The van der Waals surface area contributed by atoms with E-state index in [0.29, 0.717) is 35.7 Å². The van der Waals surface area contributed by atoms with Crippen LogP contribution in [-0.2, 0) is 21.2 Å². The van der Waals surface area contributed by atoms with E-state index in [0.717, 1.165) is 0 Å². The van der Waals surface area contributed by atoms with Crippen molar-refractivity contribution in [1.29, 1.82) is 0 Å². The Hall–Kier alpha value is -2.42. The van der Waals surface area contributed by atoms with Gasteiger partial charge >= 0.3 is 0 Å². The summed E-state index contributed by atoms with van der Waals surface area (Å²) >= 11 is 6.12. The van der Waals surface area contributed by atoms with Crippen molar-refractivity contribution in [1.82, 2.24) is 4.31 Å². The molecule has 1 amide bonds. The lowest BCUT2D eigenvalue weighted by molar-refractivity contribution is -0.121. The lowest BCUT2D eigenvalue weighted by atomic mass is 10.0. The van der Waals surface area contributed by atoms with Gasteiger partial charge in [-0.3, -0.25) is 9.59 Å². The second-order valence-electron chi connectivity index (χ2n) is 6.52. The van der Waals surface area contributed by atoms with Crippen LogP contribution in [0.4, 0.5) is 5.69 Å². The number of nitrogens with one attached hydrogen (secondary N) is 1. The molecule has 1 aliphatic rings. The molecule has 154 valence electrons. The number of anilines is 1. The van der Waals surface area contributed by atoms with Gasteiger partial charge < -0.3 is 10.1 Å². The van der Waals surface area contributed by atoms with Crippen LogP contribution in [0, 0.1) is 0 Å². The molecule has 0 aromatic heterocycles. The Morgan fingerprint density at radius 3 is 2.59 bits per heavy atom. The summed E-state index contributed by atoms with van der Waals surface area (Å²) < 4.78 is 32.2. The molecule has 29 heavy (non-hydrogen) atoms. The van der Waals surface area contributed by atoms with E-state index in [-0.39, 0.29) is 28.7 Å². The van der Waals surface area contributed by atoms with Crippen LogP contribution < -0.4 is 10.1 Å². The molecule has 1 aliphatic heterocycles. The van der Waals surface area contributed by atoms with E-state index in [4.69, 9.17) is 16.3 Å². The van der Waals surface area contributed by atoms with Crippen molar-refractivity contribution >= 4 is 39.0 Å². The number of sulfonamides is 1. The number of rotatable bonds is 6. The van der Waals surface area contributed by atoms with Gasteiger partial charge in [0.25, 0.3) is 5.91 Å². The van der Waals surface area contributed by atoms with Crippen LogP contribution in [0.15, 0.2) is 41.3 Å². The van der Waals surface area contributed by atoms with Crippen molar-refractivity contribution in [2.75, 3.05) is 25.0 Å². The minimum Gasteiger partial charge on any atom is -0.486 e. The summed E-state index contributed by atoms with van der Waals surface area (Å²) in [4.78, 5) is 24.1. The third-order valence-corrected chi connectivity index (χ3v) is 7.14. The largest absolute Gasteiger partial charge is 0.486 e. The van der Waals surface area contributed by atoms with Crippen LogP contribution in [0.1, 0.15) is 29.8 Å². The van der Waals surface area contributed by atoms with Crippen molar-refractivity contribution in [2.24, 2.45) is 0 Å². The molecule has 0 saturated heterocycles. The molecule has 0 fully saturated rings. The molecule has 7 nitrogen and oxygen atoms in total. The lowest BCUT2D eigenvalue weighted by Gasteiger charge is -2.20. The number of nitrogens with zero attached hydrogens (tertiary/aromatic N) is 1. The zero-order chi connectivity index (χ0) is 21.2. The first-order valence-electron chi connectivity index (χ1n) is 9.14. The summed E-state index contributed by atoms with van der Waals surface area (Å²) in [5.74, 6) is 0.0959. The summed E-state index contributed by atoms with van der Waals surface area (Å²) in [6.45, 7) is 4.13. The number of carbonyl (C=O) groups is 2. The number of benzene rings is 2. The van der Waals surface area contributed by atoms with Crippen molar-refractivity contribution in [2.45, 2.75) is 25.2 Å². The quantitative estimate of drug-likeness (QED) is 0.750. The van der Waals surface area contributed by atoms with E-state index in [1.54, 1.807) is 32.0 Å². The maximum Gasteiger partial charge on any atom is 0.255 e. The van der Waals surface area contributed by atoms with E-state index in [1.807, 2.05) is 0 Å². The van der Waals surface area contributed by atoms with Crippen molar-refractivity contribution in [3.05, 3.63) is 52.5 Å². The van der Waals surface area contributed by atoms with E-state index >= 15 is 0 Å². The molecule has 2 aromatic rings. The Bertz CT molecular complexity index is 1060. The maximum atomic E-state index is 12.8. The molecule has 0 unspecified atom stereocenters. The van der Waals surface area contributed by atoms with Crippen LogP contribution >= 0.6 is 11.6 Å². The molecule has 0 radical (unpaired) electrons. The minimum atomic E-state index is -3.78. The Morgan fingerprint density at radius 1 is 1.17 bits per heavy atom. The standard InChI is InChI=1S/C20H21ClN2O5S/c1-3-23(4-2)29(26,27)19-11-15(6-7-17(19)21)22-20(25)13-5-8-18-14(9-13)10-16(24)12-28-18/h5-9,11H,3-4,10,12H2,1-2H3,(H,22,25). The highest BCUT2D eigenvalue weighted by molar-refractivity contribution is 7.89. The van der Waals surface area contributed by atoms with E-state index < -0.39 is 15.9 Å². The van der Waals surface area contributed by atoms with Gasteiger partial charge in [-0.25, -0.2) is 8.42 Å². The molecule has 0 spiro atoms. The van der Waals surface area contributed by atoms with Crippen molar-refractivity contribution in [3.63, 3.8) is 0 Å². The first-order valence-corrected chi connectivity index (χ1v) is 11.0. The summed E-state index contributed by atoms with van der Waals surface area (Å²) in [6, 6.07) is 9.16. The molecular formula is C20H21ClN2O5S. The minimum absolute atomic E-state index is 0.0348. The van der Waals surface area contributed by atoms with Gasteiger partial charge in [0, 0.05) is 36.3 Å². The second-order valence-corrected chi connectivity index (χ2v) is 8.83. The second kappa shape index (κ2) is 8.52. The number of fused-ring (bicyclic) bond motifs is 1. The number of amides is 1. The first-order chi connectivity index (χ1) is 13.8. The zero-order valence-corrected chi connectivity index (χ0v) is 17.6. The summed E-state index contributed by atoms with van der Waals surface area (Å²) in [7, 11) is -3.78. The van der Waals surface area contributed by atoms with Crippen molar-refractivity contribution in [3.8, 4) is 5.75 Å². The maximum absolute atomic E-state index is 12.8. The normalized spacial score (nSPS) is 13.7. The van der Waals surface area contributed by atoms with Crippen LogP contribution in [0.5, 0.6) is 5.75 Å². The summed E-state index contributed by atoms with van der Waals surface area (Å²) in [5.41, 5.74) is 1.29. The molecule has 3 rings (SSSR count). The van der Waals surface area contributed by atoms with E-state index in [9.17, 15) is 18.0 Å². The zero-order valence-electron chi connectivity index (χ0n) is 16.1. The summed E-state index contributed by atoms with van der Waals surface area (Å²) in [6.07, 6.45) is 0.212. The van der Waals surface area contributed by atoms with Crippen LogP contribution in [0.3, 0.4) is 0 Å². The lowest BCUT2D eigenvalue weighted by Crippen LogP contribution is -2.30. The highest BCUT2D eigenvalue weighted by Crippen LogP contribution is 2.29. The molecule has 0 saturated carbocycles. The molecule has 0 aliphatic carbocycles. The predicted octanol–water partition coefficient (Wildman–Crippen LogP) is 3.13. The number of hydrogen-bond donors (Lipinski definition) is 1. The van der Waals surface area contributed by atoms with Gasteiger partial charge in [-0.1, -0.05) is 25.4 Å². The SMILES string of the molecule is CCN(CC)S(=O)(=O)c1cc(NC(=O)c2ccc3c(c2)CC(=O)CO3)ccc1Cl. The number of carbonyl (C=O) groups excluding carboxylic acids is 2. The number of ether oxygens (including phenoxy) is 1.